The van der Waals surface area contributed by atoms with E-state index in [0.717, 1.165) is 18.8 Å². The first kappa shape index (κ1) is 13.6. The molecule has 1 aliphatic carbocycles. The molecule has 0 N–H and O–H groups in total. The smallest absolute Gasteiger partial charge is 0.264 e. The zero-order valence-corrected chi connectivity index (χ0v) is 12.4. The number of hydrogen-bond donors (Lipinski definition) is 0. The molecule has 94 valence electrons. The van der Waals surface area contributed by atoms with Crippen LogP contribution in [0.1, 0.15) is 46.0 Å². The van der Waals surface area contributed by atoms with Gasteiger partial charge in [0.1, 0.15) is 0 Å². The van der Waals surface area contributed by atoms with Gasteiger partial charge in [0.05, 0.1) is 6.10 Å². The Bertz CT molecular complexity index is 243. The molecule has 2 nitrogen and oxygen atoms in total. The Kier molecular flexibility index (Phi) is 4.90. The molecular weight excluding hydrogens is 216 g/mol. The summed E-state index contributed by atoms with van der Waals surface area (Å²) in [6.07, 6.45) is 6.45. The molecule has 0 bridgehead atoms. The van der Waals surface area contributed by atoms with Gasteiger partial charge in [-0.2, -0.15) is 0 Å². The number of hydrogen-bond acceptors (Lipinski definition) is 2. The van der Waals surface area contributed by atoms with Gasteiger partial charge in [-0.15, -0.1) is 0 Å². The lowest BCUT2D eigenvalue weighted by atomic mass is 9.96. The van der Waals surface area contributed by atoms with Crippen molar-refractivity contribution in [2.45, 2.75) is 71.7 Å². The summed E-state index contributed by atoms with van der Waals surface area (Å²) < 4.78 is 11.9. The van der Waals surface area contributed by atoms with Crippen molar-refractivity contribution in [3.8, 4) is 0 Å². The highest BCUT2D eigenvalue weighted by atomic mass is 28.4. The molecule has 0 radical (unpaired) electrons. The monoisotopic (exact) mass is 242 g/mol. The second kappa shape index (κ2) is 5.76. The van der Waals surface area contributed by atoms with E-state index in [0.29, 0.717) is 0 Å². The summed E-state index contributed by atoms with van der Waals surface area (Å²) in [5.41, 5.74) is 1.40. The summed E-state index contributed by atoms with van der Waals surface area (Å²) in [5.74, 6) is 0.855. The van der Waals surface area contributed by atoms with Crippen LogP contribution in [0.15, 0.2) is 11.5 Å². The van der Waals surface area contributed by atoms with E-state index in [1.54, 1.807) is 0 Å². The van der Waals surface area contributed by atoms with Crippen LogP contribution in [0.25, 0.3) is 0 Å². The molecule has 0 aromatic rings. The minimum atomic E-state index is -1.55. The summed E-state index contributed by atoms with van der Waals surface area (Å²) in [4.78, 5) is 0. The molecule has 3 heteroatoms. The van der Waals surface area contributed by atoms with E-state index in [9.17, 15) is 0 Å². The molecule has 1 fully saturated rings. The molecule has 1 rings (SSSR count). The third-order valence-electron chi connectivity index (χ3n) is 2.49. The van der Waals surface area contributed by atoms with Gasteiger partial charge in [-0.05, 0) is 59.2 Å². The Hall–Kier alpha value is -0.443. The molecule has 0 aromatic heterocycles. The Labute approximate surface area is 101 Å². The molecule has 1 aliphatic rings. The molecule has 0 unspecified atom stereocenters. The largest absolute Gasteiger partial charge is 0.520 e. The first-order valence-corrected chi connectivity index (χ1v) is 9.87. The molecule has 0 spiro atoms. The van der Waals surface area contributed by atoms with E-state index in [1.807, 2.05) is 0 Å². The molecule has 0 saturated heterocycles. The second-order valence-corrected chi connectivity index (χ2v) is 10.3. The van der Waals surface area contributed by atoms with Crippen LogP contribution in [0.4, 0.5) is 0 Å². The number of rotatable bonds is 4. The van der Waals surface area contributed by atoms with Gasteiger partial charge in [-0.3, -0.25) is 0 Å². The Morgan fingerprint density at radius 3 is 2.06 bits per heavy atom. The van der Waals surface area contributed by atoms with E-state index in [-0.39, 0.29) is 6.10 Å². The van der Waals surface area contributed by atoms with Crippen LogP contribution in [0, 0.1) is 0 Å². The quantitative estimate of drug-likeness (QED) is 0.536. The SMILES string of the molecule is CC(C)OC(O[Si](C)(C)C)=C1CCCCC1. The van der Waals surface area contributed by atoms with Crippen LogP contribution in [0.3, 0.4) is 0 Å². The van der Waals surface area contributed by atoms with Crippen LogP contribution in [0.2, 0.25) is 19.6 Å². The average molecular weight is 242 g/mol. The maximum Gasteiger partial charge on any atom is 0.264 e. The maximum absolute atomic E-state index is 6.08. The second-order valence-electron chi connectivity index (χ2n) is 5.83. The zero-order chi connectivity index (χ0) is 12.2. The third-order valence-corrected chi connectivity index (χ3v) is 3.29. The van der Waals surface area contributed by atoms with Gasteiger partial charge in [-0.1, -0.05) is 6.42 Å². The lowest BCUT2D eigenvalue weighted by Gasteiger charge is -2.27. The maximum atomic E-state index is 6.08. The van der Waals surface area contributed by atoms with Crippen molar-refractivity contribution >= 4 is 8.32 Å². The van der Waals surface area contributed by atoms with E-state index in [1.165, 1.54) is 24.8 Å². The molecule has 0 amide bonds. The van der Waals surface area contributed by atoms with E-state index in [4.69, 9.17) is 9.16 Å². The summed E-state index contributed by atoms with van der Waals surface area (Å²) in [6, 6.07) is 0. The molecule has 0 heterocycles. The highest BCUT2D eigenvalue weighted by Crippen LogP contribution is 2.29. The van der Waals surface area contributed by atoms with E-state index < -0.39 is 8.32 Å². The van der Waals surface area contributed by atoms with E-state index in [2.05, 4.69) is 33.5 Å². The van der Waals surface area contributed by atoms with E-state index >= 15 is 0 Å². The molecule has 0 aromatic carbocycles. The van der Waals surface area contributed by atoms with Crippen molar-refractivity contribution in [1.29, 1.82) is 0 Å². The minimum Gasteiger partial charge on any atom is -0.520 e. The highest BCUT2D eigenvalue weighted by Gasteiger charge is 2.23. The van der Waals surface area contributed by atoms with Gasteiger partial charge in [0.2, 0.25) is 8.32 Å². The van der Waals surface area contributed by atoms with Crippen molar-refractivity contribution < 1.29 is 9.16 Å². The zero-order valence-electron chi connectivity index (χ0n) is 11.4. The first-order valence-electron chi connectivity index (χ1n) is 6.46. The Morgan fingerprint density at radius 2 is 1.62 bits per heavy atom. The number of ether oxygens (including phenoxy) is 1. The average Bonchev–Trinajstić information content (AvgIpc) is 2.15. The van der Waals surface area contributed by atoms with Crippen LogP contribution in [-0.4, -0.2) is 14.4 Å². The van der Waals surface area contributed by atoms with Gasteiger partial charge in [-0.25, -0.2) is 0 Å². The lowest BCUT2D eigenvalue weighted by molar-refractivity contribution is 0.0541. The molecule has 0 aliphatic heterocycles. The van der Waals surface area contributed by atoms with Gasteiger partial charge in [0.25, 0.3) is 5.95 Å². The van der Waals surface area contributed by atoms with Gasteiger partial charge < -0.3 is 9.16 Å². The van der Waals surface area contributed by atoms with Gasteiger partial charge in [0.15, 0.2) is 0 Å². The van der Waals surface area contributed by atoms with Crippen molar-refractivity contribution in [3.05, 3.63) is 11.5 Å². The summed E-state index contributed by atoms with van der Waals surface area (Å²) in [7, 11) is -1.55. The minimum absolute atomic E-state index is 0.209. The van der Waals surface area contributed by atoms with Crippen LogP contribution in [-0.2, 0) is 9.16 Å². The van der Waals surface area contributed by atoms with Crippen molar-refractivity contribution in [2.24, 2.45) is 0 Å². The first-order chi connectivity index (χ1) is 7.38. The topological polar surface area (TPSA) is 18.5 Å². The molecule has 16 heavy (non-hydrogen) atoms. The normalized spacial score (nSPS) is 17.5. The van der Waals surface area contributed by atoms with Crippen LogP contribution < -0.4 is 0 Å². The van der Waals surface area contributed by atoms with Crippen molar-refractivity contribution in [2.75, 3.05) is 0 Å². The molecule has 1 saturated carbocycles. The van der Waals surface area contributed by atoms with Crippen LogP contribution >= 0.6 is 0 Å². The van der Waals surface area contributed by atoms with Crippen molar-refractivity contribution in [1.82, 2.24) is 0 Å². The predicted molar refractivity (Wildman–Crippen MR) is 70.8 cm³/mol. The Balaban J connectivity index is 2.76. The predicted octanol–water partition coefficient (Wildman–Crippen LogP) is 4.44. The third kappa shape index (κ3) is 5.06. The fourth-order valence-corrected chi connectivity index (χ4v) is 2.60. The van der Waals surface area contributed by atoms with Gasteiger partial charge in [0, 0.05) is 5.57 Å². The standard InChI is InChI=1S/C13H26O2Si/c1-11(2)14-13(15-16(3,4)5)12-9-7-6-8-10-12/h11H,6-10H2,1-5H3. The highest BCUT2D eigenvalue weighted by molar-refractivity contribution is 6.70. The van der Waals surface area contributed by atoms with Crippen LogP contribution in [0.5, 0.6) is 0 Å². The lowest BCUT2D eigenvalue weighted by Crippen LogP contribution is -2.27. The molecular formula is C13H26O2Si. The fraction of sp³-hybridized carbons (Fsp3) is 0.846. The van der Waals surface area contributed by atoms with Gasteiger partial charge >= 0.3 is 0 Å². The number of allylic oxidation sites excluding steroid dienone is 1. The fourth-order valence-electron chi connectivity index (χ4n) is 1.85. The van der Waals surface area contributed by atoms with Crippen molar-refractivity contribution in [3.63, 3.8) is 0 Å². The summed E-state index contributed by atoms with van der Waals surface area (Å²) >= 11 is 0. The summed E-state index contributed by atoms with van der Waals surface area (Å²) in [5, 5.41) is 0. The Morgan fingerprint density at radius 1 is 1.06 bits per heavy atom. The summed E-state index contributed by atoms with van der Waals surface area (Å²) in [6.45, 7) is 10.8. The molecule has 0 atom stereocenters.